The van der Waals surface area contributed by atoms with Gasteiger partial charge in [0.25, 0.3) is 0 Å². The maximum absolute atomic E-state index is 4.57. The molecule has 3 nitrogen and oxygen atoms in total. The van der Waals surface area contributed by atoms with Crippen LogP contribution in [0.3, 0.4) is 0 Å². The summed E-state index contributed by atoms with van der Waals surface area (Å²) >= 11 is 0. The lowest BCUT2D eigenvalue weighted by atomic mass is 9.96. The van der Waals surface area contributed by atoms with Crippen LogP contribution < -0.4 is 5.32 Å². The minimum Gasteiger partial charge on any atom is -0.367 e. The molecule has 2 aliphatic rings. The van der Waals surface area contributed by atoms with Gasteiger partial charge in [0.1, 0.15) is 5.82 Å². The van der Waals surface area contributed by atoms with Crippen molar-refractivity contribution in [3.8, 4) is 0 Å². The van der Waals surface area contributed by atoms with E-state index in [1.165, 1.54) is 44.2 Å². The summed E-state index contributed by atoms with van der Waals surface area (Å²) < 4.78 is 0. The third kappa shape index (κ3) is 2.66. The Hall–Kier alpha value is -1.09. The van der Waals surface area contributed by atoms with E-state index < -0.39 is 0 Å². The van der Waals surface area contributed by atoms with Crippen LogP contribution in [-0.4, -0.2) is 29.0 Å². The van der Waals surface area contributed by atoms with Crippen molar-refractivity contribution >= 4 is 5.82 Å². The Morgan fingerprint density at radius 1 is 1.28 bits per heavy atom. The van der Waals surface area contributed by atoms with Crippen molar-refractivity contribution in [3.63, 3.8) is 0 Å². The average molecular weight is 245 g/mol. The molecule has 1 aromatic heterocycles. The van der Waals surface area contributed by atoms with Crippen molar-refractivity contribution in [1.29, 1.82) is 0 Å². The molecule has 1 unspecified atom stereocenters. The van der Waals surface area contributed by atoms with E-state index in [2.05, 4.69) is 40.5 Å². The van der Waals surface area contributed by atoms with Gasteiger partial charge in [-0.1, -0.05) is 19.4 Å². The standard InChI is InChI=1S/C15H23N3/c1-2-18-10-4-3-5-14(18)12-6-9-15(16-11-12)17-13-7-8-13/h6,9,11,13-14H,2-5,7-8,10H2,1H3,(H,16,17). The predicted molar refractivity (Wildman–Crippen MR) is 74.7 cm³/mol. The molecule has 2 fully saturated rings. The number of rotatable bonds is 4. The molecule has 1 aromatic rings. The molecule has 0 radical (unpaired) electrons. The van der Waals surface area contributed by atoms with E-state index in [0.717, 1.165) is 12.4 Å². The molecule has 3 rings (SSSR count). The number of nitrogens with one attached hydrogen (secondary N) is 1. The van der Waals surface area contributed by atoms with Gasteiger partial charge in [0.05, 0.1) is 0 Å². The first-order chi connectivity index (χ1) is 8.86. The van der Waals surface area contributed by atoms with Gasteiger partial charge in [-0.3, -0.25) is 4.90 Å². The highest BCUT2D eigenvalue weighted by Gasteiger charge is 2.24. The zero-order chi connectivity index (χ0) is 12.4. The molecule has 1 saturated carbocycles. The number of aromatic nitrogens is 1. The fraction of sp³-hybridized carbons (Fsp3) is 0.667. The second-order valence-corrected chi connectivity index (χ2v) is 5.54. The minimum atomic E-state index is 0.589. The van der Waals surface area contributed by atoms with Crippen molar-refractivity contribution in [2.75, 3.05) is 18.4 Å². The van der Waals surface area contributed by atoms with Crippen LogP contribution >= 0.6 is 0 Å². The maximum Gasteiger partial charge on any atom is 0.126 e. The average Bonchev–Trinajstić information content (AvgIpc) is 3.24. The van der Waals surface area contributed by atoms with Crippen LogP contribution in [0.5, 0.6) is 0 Å². The number of nitrogens with zero attached hydrogens (tertiary/aromatic N) is 2. The van der Waals surface area contributed by atoms with E-state index in [-0.39, 0.29) is 0 Å². The van der Waals surface area contributed by atoms with Gasteiger partial charge < -0.3 is 5.32 Å². The predicted octanol–water partition coefficient (Wildman–Crippen LogP) is 3.20. The van der Waals surface area contributed by atoms with E-state index in [9.17, 15) is 0 Å². The number of pyridine rings is 1. The summed E-state index contributed by atoms with van der Waals surface area (Å²) in [7, 11) is 0. The Kier molecular flexibility index (Phi) is 3.50. The van der Waals surface area contributed by atoms with Crippen molar-refractivity contribution in [3.05, 3.63) is 23.9 Å². The second kappa shape index (κ2) is 5.27. The van der Waals surface area contributed by atoms with Crippen LogP contribution in [0.1, 0.15) is 50.6 Å². The number of anilines is 1. The smallest absolute Gasteiger partial charge is 0.126 e. The molecule has 3 heteroatoms. The van der Waals surface area contributed by atoms with Crippen LogP contribution in [-0.2, 0) is 0 Å². The Morgan fingerprint density at radius 2 is 2.17 bits per heavy atom. The molecule has 0 bridgehead atoms. The Labute approximate surface area is 110 Å². The summed E-state index contributed by atoms with van der Waals surface area (Å²) in [6.45, 7) is 4.64. The molecule has 1 atom stereocenters. The molecule has 0 spiro atoms. The summed E-state index contributed by atoms with van der Waals surface area (Å²) in [4.78, 5) is 7.14. The first-order valence-corrected chi connectivity index (χ1v) is 7.33. The summed E-state index contributed by atoms with van der Waals surface area (Å²) in [6, 6.07) is 5.68. The third-order valence-corrected chi connectivity index (χ3v) is 4.12. The summed E-state index contributed by atoms with van der Waals surface area (Å²) in [5, 5.41) is 3.45. The van der Waals surface area contributed by atoms with Crippen LogP contribution in [0, 0.1) is 0 Å². The number of likely N-dealkylation sites (tertiary alicyclic amines) is 1. The molecule has 2 heterocycles. The number of hydrogen-bond acceptors (Lipinski definition) is 3. The largest absolute Gasteiger partial charge is 0.367 e. The fourth-order valence-corrected chi connectivity index (χ4v) is 2.87. The number of hydrogen-bond donors (Lipinski definition) is 1. The van der Waals surface area contributed by atoms with Crippen LogP contribution in [0.2, 0.25) is 0 Å². The highest BCUT2D eigenvalue weighted by molar-refractivity contribution is 5.38. The quantitative estimate of drug-likeness (QED) is 0.883. The Balaban J connectivity index is 1.69. The lowest BCUT2D eigenvalue weighted by Crippen LogP contribution is -2.33. The van der Waals surface area contributed by atoms with E-state index in [1.807, 2.05) is 0 Å². The van der Waals surface area contributed by atoms with Gasteiger partial charge in [-0.15, -0.1) is 0 Å². The Bertz CT molecular complexity index is 383. The second-order valence-electron chi connectivity index (χ2n) is 5.54. The van der Waals surface area contributed by atoms with E-state index >= 15 is 0 Å². The first kappa shape index (κ1) is 12.0. The van der Waals surface area contributed by atoms with Gasteiger partial charge >= 0.3 is 0 Å². The van der Waals surface area contributed by atoms with Gasteiger partial charge in [-0.2, -0.15) is 0 Å². The van der Waals surface area contributed by atoms with Gasteiger partial charge in [0, 0.05) is 18.3 Å². The molecular weight excluding hydrogens is 222 g/mol. The molecular formula is C15H23N3. The summed E-state index contributed by atoms with van der Waals surface area (Å²) in [5.74, 6) is 1.04. The minimum absolute atomic E-state index is 0.589. The van der Waals surface area contributed by atoms with Crippen LogP contribution in [0.25, 0.3) is 0 Å². The molecule has 98 valence electrons. The summed E-state index contributed by atoms with van der Waals surface area (Å²) in [6.07, 6.45) is 8.65. The SMILES string of the molecule is CCN1CCCCC1c1ccc(NC2CC2)nc1. The van der Waals surface area contributed by atoms with Crippen molar-refractivity contribution in [1.82, 2.24) is 9.88 Å². The zero-order valence-corrected chi connectivity index (χ0v) is 11.2. The normalized spacial score (nSPS) is 25.1. The van der Waals surface area contributed by atoms with Crippen molar-refractivity contribution < 1.29 is 0 Å². The van der Waals surface area contributed by atoms with Gasteiger partial charge in [0.15, 0.2) is 0 Å². The number of piperidine rings is 1. The molecule has 18 heavy (non-hydrogen) atoms. The van der Waals surface area contributed by atoms with Crippen LogP contribution in [0.4, 0.5) is 5.82 Å². The lowest BCUT2D eigenvalue weighted by molar-refractivity contribution is 0.157. The first-order valence-electron chi connectivity index (χ1n) is 7.33. The molecule has 0 amide bonds. The molecule has 1 aliphatic heterocycles. The summed E-state index contributed by atoms with van der Waals surface area (Å²) in [5.41, 5.74) is 1.39. The topological polar surface area (TPSA) is 28.2 Å². The molecule has 0 aromatic carbocycles. The van der Waals surface area contributed by atoms with Crippen molar-refractivity contribution in [2.24, 2.45) is 0 Å². The van der Waals surface area contributed by atoms with Gasteiger partial charge in [0.2, 0.25) is 0 Å². The Morgan fingerprint density at radius 3 is 2.83 bits per heavy atom. The molecule has 1 saturated heterocycles. The zero-order valence-electron chi connectivity index (χ0n) is 11.2. The third-order valence-electron chi connectivity index (χ3n) is 4.12. The lowest BCUT2D eigenvalue weighted by Gasteiger charge is -2.35. The van der Waals surface area contributed by atoms with Crippen LogP contribution in [0.15, 0.2) is 18.3 Å². The molecule has 1 aliphatic carbocycles. The maximum atomic E-state index is 4.57. The highest BCUT2D eigenvalue weighted by Crippen LogP contribution is 2.31. The molecule has 1 N–H and O–H groups in total. The van der Waals surface area contributed by atoms with E-state index in [1.54, 1.807) is 0 Å². The van der Waals surface area contributed by atoms with E-state index in [4.69, 9.17) is 0 Å². The highest BCUT2D eigenvalue weighted by atomic mass is 15.2. The van der Waals surface area contributed by atoms with E-state index in [0.29, 0.717) is 12.1 Å². The van der Waals surface area contributed by atoms with Gasteiger partial charge in [-0.05, 0) is 50.4 Å². The van der Waals surface area contributed by atoms with Crippen molar-refractivity contribution in [2.45, 2.75) is 51.1 Å². The fourth-order valence-electron chi connectivity index (χ4n) is 2.87. The monoisotopic (exact) mass is 245 g/mol. The van der Waals surface area contributed by atoms with Gasteiger partial charge in [-0.25, -0.2) is 4.98 Å².